The van der Waals surface area contributed by atoms with Gasteiger partial charge in [-0.15, -0.1) is 0 Å². The van der Waals surface area contributed by atoms with Crippen LogP contribution in [-0.2, 0) is 0 Å². The van der Waals surface area contributed by atoms with Crippen LogP contribution in [0.1, 0.15) is 29.9 Å². The molecule has 2 rings (SSSR count). The summed E-state index contributed by atoms with van der Waals surface area (Å²) in [5.41, 5.74) is 1.51. The topological polar surface area (TPSA) is 65.3 Å². The third-order valence-electron chi connectivity index (χ3n) is 3.21. The molecule has 1 saturated heterocycles. The maximum absolute atomic E-state index is 9.79. The first-order valence-electron chi connectivity index (χ1n) is 5.78. The predicted molar refractivity (Wildman–Crippen MR) is 64.2 cm³/mol. The number of hydrogen-bond acceptors (Lipinski definition) is 4. The van der Waals surface area contributed by atoms with E-state index in [1.165, 1.54) is 7.11 Å². The minimum atomic E-state index is 0.104. The Morgan fingerprint density at radius 2 is 2.35 bits per heavy atom. The van der Waals surface area contributed by atoms with E-state index in [1.54, 1.807) is 12.1 Å². The lowest BCUT2D eigenvalue weighted by Crippen LogP contribution is -2.28. The Morgan fingerprint density at radius 3 is 2.94 bits per heavy atom. The Bertz CT molecular complexity index is 445. The van der Waals surface area contributed by atoms with Crippen LogP contribution in [0.5, 0.6) is 11.5 Å². The third kappa shape index (κ3) is 2.34. The van der Waals surface area contributed by atoms with E-state index in [1.807, 2.05) is 0 Å². The van der Waals surface area contributed by atoms with Crippen molar-refractivity contribution in [3.05, 3.63) is 23.3 Å². The quantitative estimate of drug-likeness (QED) is 0.815. The van der Waals surface area contributed by atoms with Gasteiger partial charge in [0.2, 0.25) is 0 Å². The van der Waals surface area contributed by atoms with Gasteiger partial charge in [0.25, 0.3) is 0 Å². The number of phenols is 1. The highest BCUT2D eigenvalue weighted by Gasteiger charge is 2.20. The second-order valence-corrected chi connectivity index (χ2v) is 4.27. The number of benzene rings is 1. The number of nitriles is 1. The van der Waals surface area contributed by atoms with Crippen LogP contribution in [0.3, 0.4) is 0 Å². The van der Waals surface area contributed by atoms with Gasteiger partial charge in [-0.05, 0) is 36.9 Å². The number of ether oxygens (including phenoxy) is 1. The lowest BCUT2D eigenvalue weighted by Gasteiger charge is -2.24. The second-order valence-electron chi connectivity index (χ2n) is 4.27. The fraction of sp³-hybridized carbons (Fsp3) is 0.462. The van der Waals surface area contributed by atoms with E-state index < -0.39 is 0 Å². The number of phenolic OH excluding ortho intramolecular Hbond substituents is 1. The standard InChI is InChI=1S/C13H16N2O2/c1-17-13-5-10(7-14)11(6-12(13)16)9-3-2-4-15-8-9/h5-6,9,15-16H,2-4,8H2,1H3. The maximum atomic E-state index is 9.79. The molecule has 0 aliphatic carbocycles. The fourth-order valence-corrected chi connectivity index (χ4v) is 2.30. The predicted octanol–water partition coefficient (Wildman–Crippen LogP) is 1.74. The van der Waals surface area contributed by atoms with Gasteiger partial charge >= 0.3 is 0 Å². The fourth-order valence-electron chi connectivity index (χ4n) is 2.30. The Hall–Kier alpha value is -1.73. The van der Waals surface area contributed by atoms with E-state index in [0.29, 0.717) is 17.2 Å². The molecular formula is C13H16N2O2. The van der Waals surface area contributed by atoms with Crippen LogP contribution >= 0.6 is 0 Å². The first-order chi connectivity index (χ1) is 8.26. The first-order valence-corrected chi connectivity index (χ1v) is 5.78. The summed E-state index contributed by atoms with van der Waals surface area (Å²) in [7, 11) is 1.48. The molecule has 0 saturated carbocycles. The van der Waals surface area contributed by atoms with Crippen molar-refractivity contribution in [2.45, 2.75) is 18.8 Å². The Labute approximate surface area is 101 Å². The third-order valence-corrected chi connectivity index (χ3v) is 3.21. The molecule has 2 N–H and O–H groups in total. The van der Waals surface area contributed by atoms with Gasteiger partial charge in [-0.3, -0.25) is 0 Å². The molecule has 0 aromatic heterocycles. The average molecular weight is 232 g/mol. The largest absolute Gasteiger partial charge is 0.504 e. The van der Waals surface area contributed by atoms with Crippen LogP contribution in [-0.4, -0.2) is 25.3 Å². The smallest absolute Gasteiger partial charge is 0.161 e. The molecule has 1 fully saturated rings. The summed E-state index contributed by atoms with van der Waals surface area (Å²) in [6, 6.07) is 5.45. The molecule has 0 amide bonds. The number of rotatable bonds is 2. The molecule has 1 atom stereocenters. The summed E-state index contributed by atoms with van der Waals surface area (Å²) in [6.07, 6.45) is 2.15. The Morgan fingerprint density at radius 1 is 1.53 bits per heavy atom. The monoisotopic (exact) mass is 232 g/mol. The lowest BCUT2D eigenvalue weighted by atomic mass is 9.88. The van der Waals surface area contributed by atoms with E-state index in [2.05, 4.69) is 11.4 Å². The van der Waals surface area contributed by atoms with Crippen LogP contribution in [0.25, 0.3) is 0 Å². The van der Waals surface area contributed by atoms with Crippen LogP contribution in [0, 0.1) is 11.3 Å². The van der Waals surface area contributed by atoms with Gasteiger partial charge in [0.1, 0.15) is 0 Å². The molecule has 0 radical (unpaired) electrons. The van der Waals surface area contributed by atoms with Gasteiger partial charge in [0.15, 0.2) is 11.5 Å². The molecule has 0 bridgehead atoms. The van der Waals surface area contributed by atoms with E-state index >= 15 is 0 Å². The van der Waals surface area contributed by atoms with Crippen molar-refractivity contribution in [1.29, 1.82) is 5.26 Å². The van der Waals surface area contributed by atoms with Crippen LogP contribution in [0.15, 0.2) is 12.1 Å². The van der Waals surface area contributed by atoms with E-state index in [4.69, 9.17) is 10.00 Å². The zero-order valence-electron chi connectivity index (χ0n) is 9.86. The summed E-state index contributed by atoms with van der Waals surface area (Å²) in [5, 5.41) is 22.2. The van der Waals surface area contributed by atoms with Gasteiger partial charge in [0.05, 0.1) is 18.7 Å². The highest BCUT2D eigenvalue weighted by atomic mass is 16.5. The molecule has 90 valence electrons. The molecular weight excluding hydrogens is 216 g/mol. The van der Waals surface area contributed by atoms with Gasteiger partial charge in [-0.25, -0.2) is 0 Å². The maximum Gasteiger partial charge on any atom is 0.161 e. The van der Waals surface area contributed by atoms with Crippen molar-refractivity contribution in [3.63, 3.8) is 0 Å². The highest BCUT2D eigenvalue weighted by molar-refractivity contribution is 5.52. The first kappa shape index (κ1) is 11.7. The zero-order valence-corrected chi connectivity index (χ0v) is 9.86. The normalized spacial score (nSPS) is 19.6. The SMILES string of the molecule is COc1cc(C#N)c(C2CCCNC2)cc1O. The number of methoxy groups -OCH3 is 1. The summed E-state index contributed by atoms with van der Waals surface area (Å²) >= 11 is 0. The molecule has 0 spiro atoms. The number of nitrogens with one attached hydrogen (secondary N) is 1. The van der Waals surface area contributed by atoms with Gasteiger partial charge in [-0.1, -0.05) is 0 Å². The van der Waals surface area contributed by atoms with Gasteiger partial charge < -0.3 is 15.2 Å². The van der Waals surface area contributed by atoms with Crippen LogP contribution < -0.4 is 10.1 Å². The van der Waals surface area contributed by atoms with Crippen molar-refractivity contribution in [3.8, 4) is 17.6 Å². The summed E-state index contributed by atoms with van der Waals surface area (Å²) in [6.45, 7) is 1.89. The van der Waals surface area contributed by atoms with Crippen molar-refractivity contribution in [2.75, 3.05) is 20.2 Å². The Kier molecular flexibility index (Phi) is 3.50. The second kappa shape index (κ2) is 5.07. The van der Waals surface area contributed by atoms with Crippen molar-refractivity contribution < 1.29 is 9.84 Å². The zero-order chi connectivity index (χ0) is 12.3. The minimum Gasteiger partial charge on any atom is -0.504 e. The van der Waals surface area contributed by atoms with Gasteiger partial charge in [0, 0.05) is 12.6 Å². The van der Waals surface area contributed by atoms with Crippen molar-refractivity contribution in [2.24, 2.45) is 0 Å². The molecule has 1 aliphatic heterocycles. The number of nitrogens with zero attached hydrogens (tertiary/aromatic N) is 1. The number of hydrogen-bond donors (Lipinski definition) is 2. The summed E-state index contributed by atoms with van der Waals surface area (Å²) in [4.78, 5) is 0. The summed E-state index contributed by atoms with van der Waals surface area (Å²) in [5.74, 6) is 0.761. The van der Waals surface area contributed by atoms with E-state index in [0.717, 1.165) is 31.5 Å². The number of aromatic hydroxyl groups is 1. The molecule has 1 aromatic carbocycles. The molecule has 4 nitrogen and oxygen atoms in total. The van der Waals surface area contributed by atoms with E-state index in [9.17, 15) is 5.11 Å². The number of piperidine rings is 1. The van der Waals surface area contributed by atoms with Crippen molar-refractivity contribution >= 4 is 0 Å². The highest BCUT2D eigenvalue weighted by Crippen LogP contribution is 2.34. The average Bonchev–Trinajstić information content (AvgIpc) is 2.39. The lowest BCUT2D eigenvalue weighted by molar-refractivity contribution is 0.371. The minimum absolute atomic E-state index is 0.104. The molecule has 1 aromatic rings. The van der Waals surface area contributed by atoms with Gasteiger partial charge in [-0.2, -0.15) is 5.26 Å². The Balaban J connectivity index is 2.38. The van der Waals surface area contributed by atoms with E-state index in [-0.39, 0.29) is 5.75 Å². The molecule has 1 unspecified atom stereocenters. The summed E-state index contributed by atoms with van der Waals surface area (Å²) < 4.78 is 5.01. The molecule has 4 heteroatoms. The van der Waals surface area contributed by atoms with Crippen molar-refractivity contribution in [1.82, 2.24) is 5.32 Å². The van der Waals surface area contributed by atoms with Crippen LogP contribution in [0.4, 0.5) is 0 Å². The molecule has 1 heterocycles. The molecule has 17 heavy (non-hydrogen) atoms. The molecule has 1 aliphatic rings. The van der Waals surface area contributed by atoms with Crippen LogP contribution in [0.2, 0.25) is 0 Å².